The van der Waals surface area contributed by atoms with Crippen LogP contribution in [0.25, 0.3) is 0 Å². The van der Waals surface area contributed by atoms with Gasteiger partial charge in [-0.25, -0.2) is 9.97 Å². The van der Waals surface area contributed by atoms with Gasteiger partial charge < -0.3 is 10.6 Å². The summed E-state index contributed by atoms with van der Waals surface area (Å²) in [6.45, 7) is 3.85. The van der Waals surface area contributed by atoms with Crippen molar-refractivity contribution >= 4 is 39.2 Å². The van der Waals surface area contributed by atoms with E-state index >= 15 is 0 Å². The molecule has 0 atom stereocenters. The lowest BCUT2D eigenvalue weighted by molar-refractivity contribution is 0.102. The Morgan fingerprint density at radius 3 is 2.48 bits per heavy atom. The van der Waals surface area contributed by atoms with Gasteiger partial charge in [0.25, 0.3) is 5.91 Å². The van der Waals surface area contributed by atoms with Gasteiger partial charge in [0, 0.05) is 21.5 Å². The standard InChI is InChI=1S/C19H17BrN4O/c1-12-5-3-7-15(9-12)23-19-21-13(2)10-17(24-19)18(25)22-16-8-4-6-14(20)11-16/h3-11H,1-2H3,(H,22,25)(H,21,23,24). The number of carbonyl (C=O) groups excluding carboxylic acids is 1. The second kappa shape index (κ2) is 7.44. The van der Waals surface area contributed by atoms with E-state index in [9.17, 15) is 4.79 Å². The Balaban J connectivity index is 1.82. The molecule has 0 bridgehead atoms. The van der Waals surface area contributed by atoms with E-state index in [-0.39, 0.29) is 5.91 Å². The lowest BCUT2D eigenvalue weighted by Crippen LogP contribution is -2.15. The first kappa shape index (κ1) is 17.1. The molecule has 1 heterocycles. The SMILES string of the molecule is Cc1cccc(Nc2nc(C)cc(C(=O)Nc3cccc(Br)c3)n2)c1. The maximum absolute atomic E-state index is 12.5. The number of benzene rings is 2. The highest BCUT2D eigenvalue weighted by Gasteiger charge is 2.11. The van der Waals surface area contributed by atoms with Crippen molar-refractivity contribution in [3.8, 4) is 0 Å². The summed E-state index contributed by atoms with van der Waals surface area (Å²) >= 11 is 3.39. The maximum Gasteiger partial charge on any atom is 0.274 e. The van der Waals surface area contributed by atoms with Crippen LogP contribution in [0.15, 0.2) is 59.1 Å². The number of aryl methyl sites for hydroxylation is 2. The van der Waals surface area contributed by atoms with Gasteiger partial charge in [-0.1, -0.05) is 34.1 Å². The number of nitrogens with one attached hydrogen (secondary N) is 2. The lowest BCUT2D eigenvalue weighted by Gasteiger charge is -2.09. The molecule has 0 aliphatic carbocycles. The van der Waals surface area contributed by atoms with Gasteiger partial charge in [0.1, 0.15) is 5.69 Å². The summed E-state index contributed by atoms with van der Waals surface area (Å²) in [4.78, 5) is 21.2. The number of hydrogen-bond donors (Lipinski definition) is 2. The van der Waals surface area contributed by atoms with Gasteiger partial charge in [0.2, 0.25) is 5.95 Å². The zero-order valence-corrected chi connectivity index (χ0v) is 15.5. The molecule has 1 aromatic heterocycles. The van der Waals surface area contributed by atoms with Crippen LogP contribution in [0.4, 0.5) is 17.3 Å². The van der Waals surface area contributed by atoms with E-state index in [1.165, 1.54) is 0 Å². The molecule has 0 fully saturated rings. The molecule has 0 radical (unpaired) electrons. The highest BCUT2D eigenvalue weighted by atomic mass is 79.9. The van der Waals surface area contributed by atoms with Gasteiger partial charge in [-0.05, 0) is 55.8 Å². The molecule has 3 rings (SSSR count). The summed E-state index contributed by atoms with van der Waals surface area (Å²) in [6.07, 6.45) is 0. The number of hydrogen-bond acceptors (Lipinski definition) is 4. The Hall–Kier alpha value is -2.73. The van der Waals surface area contributed by atoms with Crippen molar-refractivity contribution < 1.29 is 4.79 Å². The topological polar surface area (TPSA) is 66.9 Å². The molecular formula is C19H17BrN4O. The normalized spacial score (nSPS) is 10.4. The van der Waals surface area contributed by atoms with Gasteiger partial charge >= 0.3 is 0 Å². The third kappa shape index (κ3) is 4.64. The second-order valence-corrected chi connectivity index (χ2v) is 6.59. The highest BCUT2D eigenvalue weighted by Crippen LogP contribution is 2.18. The van der Waals surface area contributed by atoms with Crippen molar-refractivity contribution in [3.05, 3.63) is 76.0 Å². The van der Waals surface area contributed by atoms with Gasteiger partial charge in [0.05, 0.1) is 0 Å². The zero-order valence-electron chi connectivity index (χ0n) is 13.9. The van der Waals surface area contributed by atoms with Crippen LogP contribution in [0.3, 0.4) is 0 Å². The summed E-state index contributed by atoms with van der Waals surface area (Å²) in [5.74, 6) is 0.112. The van der Waals surface area contributed by atoms with E-state index in [2.05, 4.69) is 36.5 Å². The Morgan fingerprint density at radius 1 is 0.960 bits per heavy atom. The molecule has 1 amide bonds. The van der Waals surface area contributed by atoms with Gasteiger partial charge in [-0.2, -0.15) is 0 Å². The fourth-order valence-electron chi connectivity index (χ4n) is 2.35. The predicted molar refractivity (Wildman–Crippen MR) is 103 cm³/mol. The molecule has 0 spiro atoms. The van der Waals surface area contributed by atoms with Crippen LogP contribution in [0.2, 0.25) is 0 Å². The average Bonchev–Trinajstić information content (AvgIpc) is 2.54. The zero-order chi connectivity index (χ0) is 17.8. The van der Waals surface area contributed by atoms with Crippen LogP contribution in [-0.4, -0.2) is 15.9 Å². The molecule has 0 aliphatic heterocycles. The largest absolute Gasteiger partial charge is 0.324 e. The van der Waals surface area contributed by atoms with Crippen molar-refractivity contribution in [3.63, 3.8) is 0 Å². The number of nitrogens with zero attached hydrogens (tertiary/aromatic N) is 2. The van der Waals surface area contributed by atoms with Crippen LogP contribution in [-0.2, 0) is 0 Å². The predicted octanol–water partition coefficient (Wildman–Crippen LogP) is 4.85. The number of halogens is 1. The molecule has 0 saturated carbocycles. The van der Waals surface area contributed by atoms with E-state index < -0.39 is 0 Å². The van der Waals surface area contributed by atoms with Crippen LogP contribution in [0.5, 0.6) is 0 Å². The highest BCUT2D eigenvalue weighted by molar-refractivity contribution is 9.10. The summed E-state index contributed by atoms with van der Waals surface area (Å²) in [6, 6.07) is 17.0. The minimum absolute atomic E-state index is 0.282. The van der Waals surface area contributed by atoms with E-state index in [0.29, 0.717) is 23.0 Å². The Labute approximate surface area is 154 Å². The third-order valence-corrected chi connectivity index (χ3v) is 3.94. The summed E-state index contributed by atoms with van der Waals surface area (Å²) in [7, 11) is 0. The number of anilines is 3. The number of carbonyl (C=O) groups is 1. The average molecular weight is 397 g/mol. The fourth-order valence-corrected chi connectivity index (χ4v) is 2.75. The van der Waals surface area contributed by atoms with Crippen molar-refractivity contribution in [1.29, 1.82) is 0 Å². The minimum atomic E-state index is -0.282. The van der Waals surface area contributed by atoms with Crippen molar-refractivity contribution in [2.24, 2.45) is 0 Å². The van der Waals surface area contributed by atoms with Crippen LogP contribution in [0, 0.1) is 13.8 Å². The lowest BCUT2D eigenvalue weighted by atomic mass is 10.2. The molecule has 2 N–H and O–H groups in total. The molecule has 0 saturated heterocycles. The molecular weight excluding hydrogens is 380 g/mol. The molecule has 126 valence electrons. The van der Waals surface area contributed by atoms with Crippen molar-refractivity contribution in [2.45, 2.75) is 13.8 Å². The van der Waals surface area contributed by atoms with Gasteiger partial charge in [-0.15, -0.1) is 0 Å². The van der Waals surface area contributed by atoms with E-state index in [0.717, 1.165) is 15.7 Å². The number of rotatable bonds is 4. The first-order valence-corrected chi connectivity index (χ1v) is 8.55. The summed E-state index contributed by atoms with van der Waals surface area (Å²) in [5, 5.41) is 5.98. The summed E-state index contributed by atoms with van der Waals surface area (Å²) in [5.41, 5.74) is 3.73. The van der Waals surface area contributed by atoms with Crippen LogP contribution >= 0.6 is 15.9 Å². The maximum atomic E-state index is 12.5. The van der Waals surface area contributed by atoms with E-state index in [1.807, 2.05) is 62.4 Å². The Bertz CT molecular complexity index is 927. The number of amides is 1. The molecule has 3 aromatic rings. The monoisotopic (exact) mass is 396 g/mol. The molecule has 0 unspecified atom stereocenters. The van der Waals surface area contributed by atoms with Gasteiger partial charge in [0.15, 0.2) is 0 Å². The van der Waals surface area contributed by atoms with E-state index in [4.69, 9.17) is 0 Å². The van der Waals surface area contributed by atoms with Crippen LogP contribution < -0.4 is 10.6 Å². The second-order valence-electron chi connectivity index (χ2n) is 5.68. The summed E-state index contributed by atoms with van der Waals surface area (Å²) < 4.78 is 0.894. The smallest absolute Gasteiger partial charge is 0.274 e. The molecule has 0 aliphatic rings. The fraction of sp³-hybridized carbons (Fsp3) is 0.105. The first-order chi connectivity index (χ1) is 12.0. The third-order valence-electron chi connectivity index (χ3n) is 3.44. The van der Waals surface area contributed by atoms with Crippen LogP contribution in [0.1, 0.15) is 21.7 Å². The van der Waals surface area contributed by atoms with Crippen molar-refractivity contribution in [1.82, 2.24) is 9.97 Å². The molecule has 2 aromatic carbocycles. The van der Waals surface area contributed by atoms with E-state index in [1.54, 1.807) is 6.07 Å². The quantitative estimate of drug-likeness (QED) is 0.661. The minimum Gasteiger partial charge on any atom is -0.324 e. The molecule has 25 heavy (non-hydrogen) atoms. The Morgan fingerprint density at radius 2 is 1.72 bits per heavy atom. The van der Waals surface area contributed by atoms with Crippen molar-refractivity contribution in [2.75, 3.05) is 10.6 Å². The number of aromatic nitrogens is 2. The first-order valence-electron chi connectivity index (χ1n) is 7.76. The van der Waals surface area contributed by atoms with Gasteiger partial charge in [-0.3, -0.25) is 4.79 Å². The molecule has 5 nitrogen and oxygen atoms in total. The molecule has 6 heteroatoms. The Kier molecular flexibility index (Phi) is 5.09.